The third-order valence-electron chi connectivity index (χ3n) is 4.52. The van der Waals surface area contributed by atoms with Gasteiger partial charge in [-0.2, -0.15) is 4.99 Å². The lowest BCUT2D eigenvalue weighted by molar-refractivity contribution is -0.117. The molecular weight excluding hydrogens is 404 g/mol. The van der Waals surface area contributed by atoms with Crippen molar-refractivity contribution in [2.24, 2.45) is 4.99 Å². The van der Waals surface area contributed by atoms with Crippen molar-refractivity contribution in [3.63, 3.8) is 0 Å². The molecule has 0 fully saturated rings. The summed E-state index contributed by atoms with van der Waals surface area (Å²) in [6.07, 6.45) is 0.220. The van der Waals surface area contributed by atoms with Gasteiger partial charge in [-0.1, -0.05) is 23.5 Å². The van der Waals surface area contributed by atoms with Gasteiger partial charge >= 0.3 is 0 Å². The fourth-order valence-corrected chi connectivity index (χ4v) is 4.16. The average molecular weight is 431 g/mol. The van der Waals surface area contributed by atoms with Gasteiger partial charge in [0, 0.05) is 25.8 Å². The van der Waals surface area contributed by atoms with Gasteiger partial charge in [-0.05, 0) is 24.6 Å². The molecule has 0 bridgehead atoms. The van der Waals surface area contributed by atoms with E-state index >= 15 is 0 Å². The molecule has 7 nitrogen and oxygen atoms in total. The van der Waals surface area contributed by atoms with Crippen molar-refractivity contribution in [1.29, 1.82) is 0 Å². The molecule has 0 saturated heterocycles. The Labute approximate surface area is 179 Å². The molecule has 0 spiro atoms. The van der Waals surface area contributed by atoms with Gasteiger partial charge in [0.1, 0.15) is 5.75 Å². The maximum absolute atomic E-state index is 12.7. The lowest BCUT2D eigenvalue weighted by Crippen LogP contribution is -2.19. The first-order chi connectivity index (χ1) is 14.6. The van der Waals surface area contributed by atoms with Gasteiger partial charge in [-0.25, -0.2) is 0 Å². The number of hydrogen-bond donors (Lipinski definition) is 0. The number of thiazole rings is 1. The molecule has 0 N–H and O–H groups in total. The lowest BCUT2D eigenvalue weighted by atomic mass is 10.1. The van der Waals surface area contributed by atoms with Crippen LogP contribution in [0.3, 0.4) is 0 Å². The number of ether oxygens (including phenoxy) is 4. The summed E-state index contributed by atoms with van der Waals surface area (Å²) < 4.78 is 24.4. The molecule has 0 saturated carbocycles. The predicted octanol–water partition coefficient (Wildman–Crippen LogP) is 3.44. The molecule has 0 atom stereocenters. The van der Waals surface area contributed by atoms with Crippen LogP contribution in [-0.2, 0) is 22.5 Å². The van der Waals surface area contributed by atoms with Crippen LogP contribution in [0.4, 0.5) is 0 Å². The second kappa shape index (κ2) is 10.3. The van der Waals surface area contributed by atoms with Crippen LogP contribution in [0.5, 0.6) is 17.2 Å². The Bertz CT molecular complexity index is 1070. The number of carbonyl (C=O) groups excluding carboxylic acids is 1. The van der Waals surface area contributed by atoms with Crippen molar-refractivity contribution in [1.82, 2.24) is 4.57 Å². The Morgan fingerprint density at radius 2 is 1.77 bits per heavy atom. The first-order valence-electron chi connectivity index (χ1n) is 9.63. The molecule has 160 valence electrons. The van der Waals surface area contributed by atoms with Gasteiger partial charge in [0.05, 0.1) is 44.1 Å². The first-order valence-corrected chi connectivity index (χ1v) is 10.4. The van der Waals surface area contributed by atoms with Crippen molar-refractivity contribution in [3.05, 3.63) is 46.8 Å². The van der Waals surface area contributed by atoms with Crippen molar-refractivity contribution in [2.75, 3.05) is 34.5 Å². The molecule has 0 aliphatic carbocycles. The number of aromatic nitrogens is 1. The summed E-state index contributed by atoms with van der Waals surface area (Å²) in [7, 11) is 4.84. The third-order valence-corrected chi connectivity index (χ3v) is 5.56. The smallest absolute Gasteiger partial charge is 0.252 e. The fourth-order valence-electron chi connectivity index (χ4n) is 3.07. The van der Waals surface area contributed by atoms with E-state index in [0.29, 0.717) is 36.1 Å². The quantitative estimate of drug-likeness (QED) is 0.520. The molecule has 1 heterocycles. The van der Waals surface area contributed by atoms with Gasteiger partial charge < -0.3 is 23.5 Å². The summed E-state index contributed by atoms with van der Waals surface area (Å²) in [6.45, 7) is 3.61. The highest BCUT2D eigenvalue weighted by atomic mass is 32.1. The summed E-state index contributed by atoms with van der Waals surface area (Å²) >= 11 is 1.44. The molecule has 1 aromatic heterocycles. The molecule has 0 unspecified atom stereocenters. The van der Waals surface area contributed by atoms with E-state index in [0.717, 1.165) is 21.5 Å². The minimum atomic E-state index is -0.212. The number of methoxy groups -OCH3 is 3. The number of hydrogen-bond acceptors (Lipinski definition) is 6. The molecule has 0 aliphatic rings. The van der Waals surface area contributed by atoms with E-state index in [4.69, 9.17) is 18.9 Å². The SMILES string of the molecule is CCOc1ccc(CC(=O)N=c2sc3cc(OC)c(OC)cc3n2CCOC)cc1. The van der Waals surface area contributed by atoms with Crippen LogP contribution in [0.2, 0.25) is 0 Å². The number of fused-ring (bicyclic) bond motifs is 1. The Balaban J connectivity index is 1.95. The maximum Gasteiger partial charge on any atom is 0.252 e. The molecule has 8 heteroatoms. The number of carbonyl (C=O) groups is 1. The van der Waals surface area contributed by atoms with Gasteiger partial charge in [-0.3, -0.25) is 4.79 Å². The monoisotopic (exact) mass is 430 g/mol. The first kappa shape index (κ1) is 21.9. The van der Waals surface area contributed by atoms with Crippen LogP contribution in [-0.4, -0.2) is 45.0 Å². The molecule has 2 aromatic carbocycles. The Kier molecular flexibility index (Phi) is 7.48. The molecule has 3 aromatic rings. The minimum absolute atomic E-state index is 0.212. The molecule has 0 radical (unpaired) electrons. The minimum Gasteiger partial charge on any atom is -0.494 e. The van der Waals surface area contributed by atoms with Gasteiger partial charge in [0.15, 0.2) is 16.3 Å². The van der Waals surface area contributed by atoms with Gasteiger partial charge in [-0.15, -0.1) is 0 Å². The highest BCUT2D eigenvalue weighted by Crippen LogP contribution is 2.33. The third kappa shape index (κ3) is 5.01. The van der Waals surface area contributed by atoms with E-state index in [2.05, 4.69) is 4.99 Å². The normalized spacial score (nSPS) is 11.7. The predicted molar refractivity (Wildman–Crippen MR) is 117 cm³/mol. The highest BCUT2D eigenvalue weighted by Gasteiger charge is 2.13. The number of amides is 1. The standard InChI is InChI=1S/C22H26N2O5S/c1-5-29-16-8-6-15(7-9-16)12-21(25)23-22-24(10-11-26-2)17-13-18(27-3)19(28-4)14-20(17)30-22/h6-9,13-14H,5,10-12H2,1-4H3. The zero-order valence-electron chi connectivity index (χ0n) is 17.6. The summed E-state index contributed by atoms with van der Waals surface area (Å²) in [5.41, 5.74) is 1.81. The van der Waals surface area contributed by atoms with E-state index in [1.165, 1.54) is 11.3 Å². The number of rotatable bonds is 9. The summed E-state index contributed by atoms with van der Waals surface area (Å²) in [6, 6.07) is 11.3. The highest BCUT2D eigenvalue weighted by molar-refractivity contribution is 7.16. The second-order valence-electron chi connectivity index (χ2n) is 6.46. The Morgan fingerprint density at radius 1 is 1.07 bits per heavy atom. The summed E-state index contributed by atoms with van der Waals surface area (Å²) in [4.78, 5) is 17.7. The van der Waals surface area contributed by atoms with E-state index in [1.807, 2.05) is 47.9 Å². The van der Waals surface area contributed by atoms with Crippen molar-refractivity contribution in [2.45, 2.75) is 19.9 Å². The van der Waals surface area contributed by atoms with Crippen molar-refractivity contribution >= 4 is 27.5 Å². The van der Waals surface area contributed by atoms with E-state index < -0.39 is 0 Å². The van der Waals surface area contributed by atoms with E-state index in [9.17, 15) is 4.79 Å². The van der Waals surface area contributed by atoms with Crippen LogP contribution in [0.25, 0.3) is 10.2 Å². The molecular formula is C22H26N2O5S. The Morgan fingerprint density at radius 3 is 2.40 bits per heavy atom. The molecule has 3 rings (SSSR count). The topological polar surface area (TPSA) is 71.3 Å². The van der Waals surface area contributed by atoms with Crippen LogP contribution in [0.15, 0.2) is 41.4 Å². The fraction of sp³-hybridized carbons (Fsp3) is 0.364. The van der Waals surface area contributed by atoms with E-state index in [1.54, 1.807) is 21.3 Å². The zero-order valence-corrected chi connectivity index (χ0v) is 18.5. The van der Waals surface area contributed by atoms with Crippen molar-refractivity contribution < 1.29 is 23.7 Å². The average Bonchev–Trinajstić information content (AvgIpc) is 3.08. The van der Waals surface area contributed by atoms with Crippen LogP contribution in [0.1, 0.15) is 12.5 Å². The van der Waals surface area contributed by atoms with Crippen LogP contribution >= 0.6 is 11.3 Å². The van der Waals surface area contributed by atoms with Crippen LogP contribution in [0, 0.1) is 0 Å². The zero-order chi connectivity index (χ0) is 21.5. The molecule has 30 heavy (non-hydrogen) atoms. The molecule has 1 amide bonds. The summed E-state index contributed by atoms with van der Waals surface area (Å²) in [5, 5.41) is 0. The van der Waals surface area contributed by atoms with E-state index in [-0.39, 0.29) is 12.3 Å². The van der Waals surface area contributed by atoms with Gasteiger partial charge in [0.25, 0.3) is 5.91 Å². The molecule has 0 aliphatic heterocycles. The summed E-state index contributed by atoms with van der Waals surface area (Å²) in [5.74, 6) is 1.84. The Hall–Kier alpha value is -2.84. The lowest BCUT2D eigenvalue weighted by Gasteiger charge is -2.09. The second-order valence-corrected chi connectivity index (χ2v) is 7.47. The number of nitrogens with zero attached hydrogens (tertiary/aromatic N) is 2. The van der Waals surface area contributed by atoms with Gasteiger partial charge in [0.2, 0.25) is 0 Å². The maximum atomic E-state index is 12.7. The van der Waals surface area contributed by atoms with Crippen LogP contribution < -0.4 is 19.0 Å². The number of benzene rings is 2. The van der Waals surface area contributed by atoms with Crippen molar-refractivity contribution in [3.8, 4) is 17.2 Å². The largest absolute Gasteiger partial charge is 0.494 e.